The molecule has 2 aromatic rings. The molecule has 0 aliphatic carbocycles. The number of carbonyl (C=O) groups is 4. The highest BCUT2D eigenvalue weighted by atomic mass is 16.5. The van der Waals surface area contributed by atoms with E-state index in [2.05, 4.69) is 22.5 Å². The zero-order chi connectivity index (χ0) is 26.5. The Balaban J connectivity index is 2.20. The second-order valence-electron chi connectivity index (χ2n) is 8.92. The summed E-state index contributed by atoms with van der Waals surface area (Å²) in [7, 11) is 1.26. The molecule has 2 rings (SSSR count). The van der Waals surface area contributed by atoms with Crippen molar-refractivity contribution < 1.29 is 23.9 Å². The largest absolute Gasteiger partial charge is 0.467 e. The second-order valence-corrected chi connectivity index (χ2v) is 8.92. The van der Waals surface area contributed by atoms with Crippen molar-refractivity contribution in [3.8, 4) is 0 Å². The average molecular weight is 494 g/mol. The summed E-state index contributed by atoms with van der Waals surface area (Å²) in [6.07, 6.45) is 1.91. The van der Waals surface area contributed by atoms with E-state index in [1.54, 1.807) is 0 Å². The lowest BCUT2D eigenvalue weighted by atomic mass is 10.00. The molecule has 192 valence electrons. The van der Waals surface area contributed by atoms with Gasteiger partial charge in [0.05, 0.1) is 7.11 Å². The molecule has 0 spiro atoms. The summed E-state index contributed by atoms with van der Waals surface area (Å²) in [5.41, 5.74) is 1.70. The fourth-order valence-electron chi connectivity index (χ4n) is 3.72. The summed E-state index contributed by atoms with van der Waals surface area (Å²) >= 11 is 0. The predicted octanol–water partition coefficient (Wildman–Crippen LogP) is 2.33. The molecule has 0 saturated heterocycles. The summed E-state index contributed by atoms with van der Waals surface area (Å²) in [5, 5.41) is 8.15. The monoisotopic (exact) mass is 493 g/mol. The van der Waals surface area contributed by atoms with Gasteiger partial charge in [-0.25, -0.2) is 4.79 Å². The minimum atomic E-state index is -0.919. The summed E-state index contributed by atoms with van der Waals surface area (Å²) in [5.74, 6) is -2.02. The maximum Gasteiger partial charge on any atom is 0.328 e. The van der Waals surface area contributed by atoms with Crippen molar-refractivity contribution in [2.75, 3.05) is 7.11 Å². The molecule has 3 N–H and O–H groups in total. The van der Waals surface area contributed by atoms with E-state index in [1.165, 1.54) is 7.11 Å². The van der Waals surface area contributed by atoms with E-state index in [0.717, 1.165) is 17.2 Å². The number of nitrogens with one attached hydrogen (secondary N) is 3. The Hall–Kier alpha value is -3.94. The highest BCUT2D eigenvalue weighted by molar-refractivity contribution is 5.95. The molecular formula is C28H35N3O5. The quantitative estimate of drug-likeness (QED) is 0.293. The minimum Gasteiger partial charge on any atom is -0.467 e. The molecule has 0 saturated carbocycles. The highest BCUT2D eigenvalue weighted by Crippen LogP contribution is 2.10. The molecular weight excluding hydrogens is 458 g/mol. The topological polar surface area (TPSA) is 114 Å². The molecule has 0 unspecified atom stereocenters. The first-order valence-corrected chi connectivity index (χ1v) is 11.9. The van der Waals surface area contributed by atoms with Crippen LogP contribution in [0.1, 0.15) is 31.4 Å². The van der Waals surface area contributed by atoms with Gasteiger partial charge in [0.2, 0.25) is 17.7 Å². The second kappa shape index (κ2) is 14.5. The molecule has 0 radical (unpaired) electrons. The van der Waals surface area contributed by atoms with Crippen LogP contribution in [0, 0.1) is 5.92 Å². The first kappa shape index (κ1) is 28.3. The summed E-state index contributed by atoms with van der Waals surface area (Å²) in [6, 6.07) is 15.7. The van der Waals surface area contributed by atoms with Gasteiger partial charge >= 0.3 is 5.97 Å². The number of hydrogen-bond donors (Lipinski definition) is 3. The van der Waals surface area contributed by atoms with E-state index >= 15 is 0 Å². The van der Waals surface area contributed by atoms with Crippen LogP contribution in [-0.4, -0.2) is 48.9 Å². The molecule has 0 heterocycles. The standard InChI is InChI=1S/C28H35N3O5/c1-5-25(32)29-23(17-20-12-8-6-9-13-20)27(34)30-22(16-19(2)3)26(33)31-24(28(35)36-4)18-21-14-10-7-11-15-21/h5-15,19,22-24H,1,16-18H2,2-4H3,(H,29,32)(H,30,34)(H,31,33)/t22-,23-,24-/m0/s1. The van der Waals surface area contributed by atoms with Crippen molar-refractivity contribution in [2.45, 2.75) is 51.2 Å². The lowest BCUT2D eigenvalue weighted by Crippen LogP contribution is -2.56. The molecule has 0 aromatic heterocycles. The molecule has 0 fully saturated rings. The molecule has 8 heteroatoms. The molecule has 3 atom stereocenters. The predicted molar refractivity (Wildman–Crippen MR) is 138 cm³/mol. The first-order chi connectivity index (χ1) is 17.2. The number of rotatable bonds is 13. The van der Waals surface area contributed by atoms with Crippen LogP contribution in [0.2, 0.25) is 0 Å². The van der Waals surface area contributed by atoms with E-state index in [4.69, 9.17) is 4.74 Å². The number of carbonyl (C=O) groups excluding carboxylic acids is 4. The fourth-order valence-corrected chi connectivity index (χ4v) is 3.72. The van der Waals surface area contributed by atoms with Gasteiger partial charge in [-0.05, 0) is 29.5 Å². The van der Waals surface area contributed by atoms with Gasteiger partial charge < -0.3 is 20.7 Å². The summed E-state index contributed by atoms with van der Waals surface area (Å²) in [6.45, 7) is 7.30. The summed E-state index contributed by atoms with van der Waals surface area (Å²) < 4.78 is 4.89. The van der Waals surface area contributed by atoms with Gasteiger partial charge in [-0.1, -0.05) is 81.1 Å². The van der Waals surface area contributed by atoms with Crippen molar-refractivity contribution in [3.63, 3.8) is 0 Å². The van der Waals surface area contributed by atoms with Crippen LogP contribution >= 0.6 is 0 Å². The number of hydrogen-bond acceptors (Lipinski definition) is 5. The number of ether oxygens (including phenoxy) is 1. The van der Waals surface area contributed by atoms with Crippen LogP contribution in [0.4, 0.5) is 0 Å². The van der Waals surface area contributed by atoms with Crippen LogP contribution in [0.15, 0.2) is 73.3 Å². The SMILES string of the molecule is C=CC(=O)N[C@@H](Cc1ccccc1)C(=O)N[C@@H](CC(C)C)C(=O)N[C@@H](Cc1ccccc1)C(=O)OC. The zero-order valence-corrected chi connectivity index (χ0v) is 21.0. The Morgan fingerprint density at radius 1 is 0.778 bits per heavy atom. The lowest BCUT2D eigenvalue weighted by molar-refractivity contribution is -0.145. The van der Waals surface area contributed by atoms with Crippen molar-refractivity contribution in [3.05, 3.63) is 84.4 Å². The normalized spacial score (nSPS) is 13.1. The summed E-state index contributed by atoms with van der Waals surface area (Å²) in [4.78, 5) is 50.9. The van der Waals surface area contributed by atoms with Crippen LogP contribution in [0.25, 0.3) is 0 Å². The van der Waals surface area contributed by atoms with Gasteiger partial charge in [0.1, 0.15) is 18.1 Å². The van der Waals surface area contributed by atoms with Crippen LogP contribution in [0.5, 0.6) is 0 Å². The van der Waals surface area contributed by atoms with Crippen LogP contribution < -0.4 is 16.0 Å². The Kier molecular flexibility index (Phi) is 11.4. The van der Waals surface area contributed by atoms with Crippen LogP contribution in [0.3, 0.4) is 0 Å². The van der Waals surface area contributed by atoms with E-state index < -0.39 is 41.8 Å². The Labute approximate surface area is 212 Å². The smallest absolute Gasteiger partial charge is 0.328 e. The molecule has 36 heavy (non-hydrogen) atoms. The Bertz CT molecular complexity index is 1020. The molecule has 0 bridgehead atoms. The molecule has 0 aliphatic heterocycles. The van der Waals surface area contributed by atoms with Crippen molar-refractivity contribution >= 4 is 23.7 Å². The molecule has 8 nitrogen and oxygen atoms in total. The Morgan fingerprint density at radius 2 is 1.25 bits per heavy atom. The molecule has 3 amide bonds. The zero-order valence-electron chi connectivity index (χ0n) is 21.0. The fraction of sp³-hybridized carbons (Fsp3) is 0.357. The van der Waals surface area contributed by atoms with Crippen molar-refractivity contribution in [2.24, 2.45) is 5.92 Å². The van der Waals surface area contributed by atoms with Gasteiger partial charge in [0, 0.05) is 12.8 Å². The highest BCUT2D eigenvalue weighted by Gasteiger charge is 2.30. The van der Waals surface area contributed by atoms with Gasteiger partial charge in [0.15, 0.2) is 0 Å². The molecule has 2 aromatic carbocycles. The maximum atomic E-state index is 13.3. The van der Waals surface area contributed by atoms with Crippen molar-refractivity contribution in [1.82, 2.24) is 16.0 Å². The molecule has 0 aliphatic rings. The third-order valence-electron chi connectivity index (χ3n) is 5.53. The Morgan fingerprint density at radius 3 is 1.72 bits per heavy atom. The third kappa shape index (κ3) is 9.37. The number of esters is 1. The van der Waals surface area contributed by atoms with E-state index in [-0.39, 0.29) is 18.8 Å². The van der Waals surface area contributed by atoms with E-state index in [9.17, 15) is 19.2 Å². The number of methoxy groups -OCH3 is 1. The van der Waals surface area contributed by atoms with Crippen molar-refractivity contribution in [1.29, 1.82) is 0 Å². The van der Waals surface area contributed by atoms with Gasteiger partial charge in [-0.2, -0.15) is 0 Å². The lowest BCUT2D eigenvalue weighted by Gasteiger charge is -2.26. The maximum absolute atomic E-state index is 13.3. The third-order valence-corrected chi connectivity index (χ3v) is 5.53. The van der Waals surface area contributed by atoms with E-state index in [0.29, 0.717) is 6.42 Å². The van der Waals surface area contributed by atoms with Gasteiger partial charge in [0.25, 0.3) is 0 Å². The van der Waals surface area contributed by atoms with Gasteiger partial charge in [-0.3, -0.25) is 14.4 Å². The minimum absolute atomic E-state index is 0.0714. The number of amides is 3. The first-order valence-electron chi connectivity index (χ1n) is 11.9. The van der Waals surface area contributed by atoms with Gasteiger partial charge in [-0.15, -0.1) is 0 Å². The van der Waals surface area contributed by atoms with Crippen LogP contribution in [-0.2, 0) is 36.8 Å². The van der Waals surface area contributed by atoms with E-state index in [1.807, 2.05) is 74.5 Å². The average Bonchev–Trinajstić information content (AvgIpc) is 2.87. The number of benzene rings is 2.